The highest BCUT2D eigenvalue weighted by Gasteiger charge is 2.28. The summed E-state index contributed by atoms with van der Waals surface area (Å²) in [6.07, 6.45) is 0. The minimum Gasteiger partial charge on any atom is -0.504 e. The largest absolute Gasteiger partial charge is 0.504 e. The van der Waals surface area contributed by atoms with Gasteiger partial charge in [-0.3, -0.25) is 4.79 Å². The first-order valence-electron chi connectivity index (χ1n) is 6.82. The number of carboxylic acids is 1. The van der Waals surface area contributed by atoms with Crippen LogP contribution in [0.4, 0.5) is 11.4 Å². The maximum absolute atomic E-state index is 12.1. The van der Waals surface area contributed by atoms with E-state index in [1.807, 2.05) is 6.92 Å². The first-order valence-corrected chi connectivity index (χ1v) is 6.82. The Kier molecular flexibility index (Phi) is 3.37. The number of phenols is 3. The molecule has 0 spiro atoms. The van der Waals surface area contributed by atoms with Crippen LogP contribution in [0.2, 0.25) is 0 Å². The lowest BCUT2D eigenvalue weighted by molar-refractivity contribution is -0.110. The molecule has 0 bridgehead atoms. The van der Waals surface area contributed by atoms with Gasteiger partial charge in [0.15, 0.2) is 11.5 Å². The number of aliphatic imine (C=N–C) groups is 1. The number of carbonyl (C=O) groups excluding carboxylic acids is 1. The Hall–Kier alpha value is -3.55. The molecule has 2 aromatic carbocycles. The molecule has 2 aromatic rings. The van der Waals surface area contributed by atoms with Crippen LogP contribution in [-0.4, -0.2) is 38.0 Å². The first kappa shape index (κ1) is 15.3. The molecule has 8 nitrogen and oxygen atoms in total. The van der Waals surface area contributed by atoms with Gasteiger partial charge in [0.1, 0.15) is 11.4 Å². The predicted molar refractivity (Wildman–Crippen MR) is 84.4 cm³/mol. The molecule has 3 rings (SSSR count). The summed E-state index contributed by atoms with van der Waals surface area (Å²) in [5.74, 6) is -4.70. The van der Waals surface area contributed by atoms with Gasteiger partial charge >= 0.3 is 5.97 Å². The topological polar surface area (TPSA) is 139 Å². The average Bonchev–Trinajstić information content (AvgIpc) is 2.82. The van der Waals surface area contributed by atoms with Crippen molar-refractivity contribution in [1.82, 2.24) is 0 Å². The van der Waals surface area contributed by atoms with Gasteiger partial charge in [0.25, 0.3) is 5.91 Å². The zero-order valence-electron chi connectivity index (χ0n) is 12.4. The van der Waals surface area contributed by atoms with Gasteiger partial charge in [-0.05, 0) is 19.1 Å². The standard InChI is InChI=1S/C16H12N2O6/c1-6-2-3-9-7(4-6)12(15(22)17-9)18-11-8(16(23)24)5-10(19)13(20)14(11)21/h2-5,19-21H,1H3,(H,23,24)(H,17,18,22). The maximum atomic E-state index is 12.1. The molecule has 0 radical (unpaired) electrons. The molecule has 122 valence electrons. The van der Waals surface area contributed by atoms with E-state index < -0.39 is 40.4 Å². The van der Waals surface area contributed by atoms with Crippen molar-refractivity contribution in [2.45, 2.75) is 6.92 Å². The van der Waals surface area contributed by atoms with E-state index >= 15 is 0 Å². The molecule has 24 heavy (non-hydrogen) atoms. The lowest BCUT2D eigenvalue weighted by atomic mass is 10.1. The molecule has 1 heterocycles. The van der Waals surface area contributed by atoms with Crippen LogP contribution in [0.1, 0.15) is 21.5 Å². The second-order valence-electron chi connectivity index (χ2n) is 5.26. The first-order chi connectivity index (χ1) is 11.3. The third-order valence-electron chi connectivity index (χ3n) is 3.57. The fraction of sp³-hybridized carbons (Fsp3) is 0.0625. The Balaban J connectivity index is 2.27. The molecule has 8 heteroatoms. The maximum Gasteiger partial charge on any atom is 0.338 e. The van der Waals surface area contributed by atoms with Gasteiger partial charge in [0.05, 0.1) is 11.3 Å². The number of anilines is 1. The quantitative estimate of drug-likeness (QED) is 0.533. The number of aromatic hydroxyl groups is 3. The molecule has 5 N–H and O–H groups in total. The molecule has 0 aliphatic carbocycles. The molecular weight excluding hydrogens is 316 g/mol. The molecule has 0 aromatic heterocycles. The summed E-state index contributed by atoms with van der Waals surface area (Å²) < 4.78 is 0. The third-order valence-corrected chi connectivity index (χ3v) is 3.57. The number of aryl methyl sites for hydroxylation is 1. The summed E-state index contributed by atoms with van der Waals surface area (Å²) >= 11 is 0. The molecule has 0 saturated heterocycles. The van der Waals surface area contributed by atoms with Gasteiger partial charge in [-0.2, -0.15) is 0 Å². The van der Waals surface area contributed by atoms with Gasteiger partial charge in [0.2, 0.25) is 5.75 Å². The number of fused-ring (bicyclic) bond motifs is 1. The van der Waals surface area contributed by atoms with Gasteiger partial charge in [0, 0.05) is 11.6 Å². The number of carbonyl (C=O) groups is 2. The van der Waals surface area contributed by atoms with E-state index in [4.69, 9.17) is 0 Å². The molecular formula is C16H12N2O6. The van der Waals surface area contributed by atoms with Crippen LogP contribution in [0.3, 0.4) is 0 Å². The monoisotopic (exact) mass is 328 g/mol. The Morgan fingerprint density at radius 2 is 1.83 bits per heavy atom. The highest BCUT2D eigenvalue weighted by Crippen LogP contribution is 2.45. The normalized spacial score (nSPS) is 14.5. The SMILES string of the molecule is Cc1ccc2c(c1)C(=Nc1c(C(=O)O)cc(O)c(O)c1O)C(=O)N2. The Bertz CT molecular complexity index is 933. The van der Waals surface area contributed by atoms with Crippen LogP contribution in [-0.2, 0) is 4.79 Å². The lowest BCUT2D eigenvalue weighted by Gasteiger charge is -2.08. The zero-order valence-corrected chi connectivity index (χ0v) is 12.4. The van der Waals surface area contributed by atoms with Crippen LogP contribution in [0.15, 0.2) is 29.3 Å². The Morgan fingerprint density at radius 3 is 2.50 bits per heavy atom. The van der Waals surface area contributed by atoms with Gasteiger partial charge < -0.3 is 25.7 Å². The lowest BCUT2D eigenvalue weighted by Crippen LogP contribution is -2.14. The summed E-state index contributed by atoms with van der Waals surface area (Å²) in [5.41, 5.74) is 0.638. The Labute approximate surface area is 135 Å². The predicted octanol–water partition coefficient (Wildman–Crippen LogP) is 1.88. The van der Waals surface area contributed by atoms with Gasteiger partial charge in [-0.25, -0.2) is 9.79 Å². The van der Waals surface area contributed by atoms with E-state index in [2.05, 4.69) is 10.3 Å². The number of amides is 1. The summed E-state index contributed by atoms with van der Waals surface area (Å²) in [7, 11) is 0. The molecule has 1 amide bonds. The zero-order chi connectivity index (χ0) is 17.6. The van der Waals surface area contributed by atoms with Crippen molar-refractivity contribution in [2.24, 2.45) is 4.99 Å². The fourth-order valence-electron chi connectivity index (χ4n) is 2.40. The average molecular weight is 328 g/mol. The molecule has 1 aliphatic rings. The molecule has 0 atom stereocenters. The number of benzene rings is 2. The molecule has 1 aliphatic heterocycles. The van der Waals surface area contributed by atoms with E-state index in [9.17, 15) is 30.0 Å². The van der Waals surface area contributed by atoms with E-state index in [0.717, 1.165) is 11.6 Å². The van der Waals surface area contributed by atoms with E-state index in [1.165, 1.54) is 0 Å². The Morgan fingerprint density at radius 1 is 1.12 bits per heavy atom. The van der Waals surface area contributed by atoms with Crippen molar-refractivity contribution in [3.63, 3.8) is 0 Å². The number of hydrogen-bond acceptors (Lipinski definition) is 6. The van der Waals surface area contributed by atoms with E-state index in [-0.39, 0.29) is 5.71 Å². The highest BCUT2D eigenvalue weighted by atomic mass is 16.4. The summed E-state index contributed by atoms with van der Waals surface area (Å²) in [6, 6.07) is 5.90. The fourth-order valence-corrected chi connectivity index (χ4v) is 2.40. The van der Waals surface area contributed by atoms with Crippen molar-refractivity contribution in [3.8, 4) is 17.2 Å². The number of rotatable bonds is 2. The molecule has 0 fully saturated rings. The van der Waals surface area contributed by atoms with Crippen LogP contribution in [0.25, 0.3) is 0 Å². The summed E-state index contributed by atoms with van der Waals surface area (Å²) in [5, 5.41) is 40.8. The number of hydrogen-bond donors (Lipinski definition) is 5. The van der Waals surface area contributed by atoms with Crippen LogP contribution in [0, 0.1) is 6.92 Å². The highest BCUT2D eigenvalue weighted by molar-refractivity contribution is 6.54. The van der Waals surface area contributed by atoms with Crippen LogP contribution >= 0.6 is 0 Å². The second kappa shape index (κ2) is 5.27. The van der Waals surface area contributed by atoms with Gasteiger partial charge in [-0.15, -0.1) is 0 Å². The number of aromatic carboxylic acids is 1. The van der Waals surface area contributed by atoms with Crippen molar-refractivity contribution < 1.29 is 30.0 Å². The number of carboxylic acid groups (broad SMARTS) is 1. The van der Waals surface area contributed by atoms with Gasteiger partial charge in [-0.1, -0.05) is 11.6 Å². The number of nitrogens with zero attached hydrogens (tertiary/aromatic N) is 1. The minimum absolute atomic E-state index is 0.100. The van der Waals surface area contributed by atoms with Crippen molar-refractivity contribution in [2.75, 3.05) is 5.32 Å². The van der Waals surface area contributed by atoms with Crippen molar-refractivity contribution >= 4 is 29.0 Å². The van der Waals surface area contributed by atoms with Crippen LogP contribution < -0.4 is 5.32 Å². The van der Waals surface area contributed by atoms with Crippen LogP contribution in [0.5, 0.6) is 17.2 Å². The second-order valence-corrected chi connectivity index (χ2v) is 5.26. The van der Waals surface area contributed by atoms with Crippen molar-refractivity contribution in [1.29, 1.82) is 0 Å². The van der Waals surface area contributed by atoms with E-state index in [1.54, 1.807) is 18.2 Å². The minimum atomic E-state index is -1.48. The summed E-state index contributed by atoms with van der Waals surface area (Å²) in [4.78, 5) is 27.4. The van der Waals surface area contributed by atoms with Crippen molar-refractivity contribution in [3.05, 3.63) is 41.0 Å². The smallest absolute Gasteiger partial charge is 0.338 e. The number of nitrogens with one attached hydrogen (secondary N) is 1. The molecule has 0 saturated carbocycles. The summed E-state index contributed by atoms with van der Waals surface area (Å²) in [6.45, 7) is 1.81. The number of phenolic OH excluding ortho intramolecular Hbond substituents is 3. The third kappa shape index (κ3) is 2.30. The molecule has 0 unspecified atom stereocenters. The van der Waals surface area contributed by atoms with E-state index in [0.29, 0.717) is 11.3 Å².